The lowest BCUT2D eigenvalue weighted by molar-refractivity contribution is 0.0742. The van der Waals surface area contributed by atoms with E-state index in [4.69, 9.17) is 18.0 Å². The average molecular weight is 487 g/mol. The Bertz CT molecular complexity index is 1080. The number of benzene rings is 2. The van der Waals surface area contributed by atoms with Crippen molar-refractivity contribution in [3.63, 3.8) is 0 Å². The van der Waals surface area contributed by atoms with Crippen molar-refractivity contribution in [2.24, 2.45) is 10.8 Å². The van der Waals surface area contributed by atoms with E-state index in [0.29, 0.717) is 37.4 Å². The highest BCUT2D eigenvalue weighted by molar-refractivity contribution is 7.80. The molecule has 1 amide bonds. The molecule has 10 heteroatoms. The first-order chi connectivity index (χ1) is 16.4. The number of carbonyl (C=O) groups is 1. The Morgan fingerprint density at radius 1 is 0.941 bits per heavy atom. The molecule has 2 aromatic carbocycles. The second-order valence-corrected chi connectivity index (χ2v) is 8.84. The van der Waals surface area contributed by atoms with Crippen LogP contribution < -0.4 is 21.0 Å². The molecule has 0 aromatic heterocycles. The number of hydrogen-bond donors (Lipinski definition) is 2. The molecule has 2 heterocycles. The Kier molecular flexibility index (Phi) is 7.56. The molecular weight excluding hydrogens is 458 g/mol. The topological polar surface area (TPSA) is 77.2 Å². The molecule has 2 fully saturated rings. The second-order valence-electron chi connectivity index (χ2n) is 8.40. The van der Waals surface area contributed by atoms with Gasteiger partial charge in [0.25, 0.3) is 5.91 Å². The second kappa shape index (κ2) is 10.8. The molecule has 0 atom stereocenters. The largest absolute Gasteiger partial charge is 0.375 e. The van der Waals surface area contributed by atoms with E-state index in [1.54, 1.807) is 17.0 Å². The Balaban J connectivity index is 1.53. The summed E-state index contributed by atoms with van der Waals surface area (Å²) in [6.45, 7) is 3.44. The molecule has 4 rings (SSSR count). The number of nitrogens with zero attached hydrogens (tertiary/aromatic N) is 4. The maximum atomic E-state index is 15.2. The SMILES string of the molecule is NC(=S)NN=Cc1cc(F)c(N2CCN(C(=O)c3ccccc3F)CC2)cc1N1CCCCC1. The minimum absolute atomic E-state index is 0.0377. The van der Waals surface area contributed by atoms with Gasteiger partial charge in [-0.05, 0) is 55.7 Å². The Morgan fingerprint density at radius 2 is 1.62 bits per heavy atom. The first-order valence-corrected chi connectivity index (χ1v) is 11.8. The summed E-state index contributed by atoms with van der Waals surface area (Å²) in [6.07, 6.45) is 4.85. The summed E-state index contributed by atoms with van der Waals surface area (Å²) in [6, 6.07) is 9.30. The van der Waals surface area contributed by atoms with Crippen molar-refractivity contribution in [1.29, 1.82) is 0 Å². The molecule has 2 saturated heterocycles. The van der Waals surface area contributed by atoms with Crippen LogP contribution in [-0.2, 0) is 0 Å². The van der Waals surface area contributed by atoms with Crippen molar-refractivity contribution < 1.29 is 13.6 Å². The lowest BCUT2D eigenvalue weighted by Gasteiger charge is -2.37. The third kappa shape index (κ3) is 5.44. The maximum absolute atomic E-state index is 15.2. The van der Waals surface area contributed by atoms with E-state index in [2.05, 4.69) is 15.4 Å². The molecular formula is C24H28F2N6OS. The number of halogens is 2. The molecule has 2 aromatic rings. The number of thiocarbonyl (C=S) groups is 1. The lowest BCUT2D eigenvalue weighted by Crippen LogP contribution is -2.49. The Morgan fingerprint density at radius 3 is 2.29 bits per heavy atom. The highest BCUT2D eigenvalue weighted by atomic mass is 32.1. The third-order valence-electron chi connectivity index (χ3n) is 6.18. The fraction of sp³-hybridized carbons (Fsp3) is 0.375. The van der Waals surface area contributed by atoms with Crippen LogP contribution in [-0.4, -0.2) is 61.4 Å². The molecule has 0 radical (unpaired) electrons. The number of piperidine rings is 1. The van der Waals surface area contributed by atoms with Crippen molar-refractivity contribution in [3.8, 4) is 0 Å². The van der Waals surface area contributed by atoms with Gasteiger partial charge in [0.15, 0.2) is 5.11 Å². The minimum Gasteiger partial charge on any atom is -0.375 e. The van der Waals surface area contributed by atoms with Crippen molar-refractivity contribution in [3.05, 3.63) is 59.2 Å². The number of amides is 1. The zero-order valence-electron chi connectivity index (χ0n) is 18.8. The molecule has 7 nitrogen and oxygen atoms in total. The van der Waals surface area contributed by atoms with Gasteiger partial charge in [-0.2, -0.15) is 5.10 Å². The van der Waals surface area contributed by atoms with Crippen LogP contribution in [0.1, 0.15) is 35.2 Å². The van der Waals surface area contributed by atoms with Gasteiger partial charge in [0.1, 0.15) is 11.6 Å². The van der Waals surface area contributed by atoms with Crippen molar-refractivity contribution in [2.75, 3.05) is 49.1 Å². The van der Waals surface area contributed by atoms with Crippen LogP contribution in [0.15, 0.2) is 41.5 Å². The predicted octanol–water partition coefficient (Wildman–Crippen LogP) is 3.08. The van der Waals surface area contributed by atoms with Crippen LogP contribution in [0.4, 0.5) is 20.2 Å². The van der Waals surface area contributed by atoms with Gasteiger partial charge in [0.2, 0.25) is 0 Å². The molecule has 34 heavy (non-hydrogen) atoms. The summed E-state index contributed by atoms with van der Waals surface area (Å²) in [5.74, 6) is -1.25. The minimum atomic E-state index is -0.533. The van der Waals surface area contributed by atoms with Gasteiger partial charge in [-0.3, -0.25) is 10.2 Å². The summed E-state index contributed by atoms with van der Waals surface area (Å²) in [5, 5.41) is 4.06. The van der Waals surface area contributed by atoms with Crippen LogP contribution in [0.3, 0.4) is 0 Å². The smallest absolute Gasteiger partial charge is 0.256 e. The number of nitrogens with one attached hydrogen (secondary N) is 1. The fourth-order valence-electron chi connectivity index (χ4n) is 4.44. The third-order valence-corrected chi connectivity index (χ3v) is 6.27. The van der Waals surface area contributed by atoms with E-state index >= 15 is 4.39 Å². The summed E-state index contributed by atoms with van der Waals surface area (Å²) in [5.41, 5.74) is 10.0. The van der Waals surface area contributed by atoms with Crippen molar-refractivity contribution >= 4 is 40.8 Å². The summed E-state index contributed by atoms with van der Waals surface area (Å²) in [7, 11) is 0. The van der Waals surface area contributed by atoms with E-state index < -0.39 is 5.82 Å². The molecule has 3 N–H and O–H groups in total. The number of hydrogen-bond acceptors (Lipinski definition) is 5. The van der Waals surface area contributed by atoms with Crippen LogP contribution in [0.2, 0.25) is 0 Å². The van der Waals surface area contributed by atoms with Crippen LogP contribution in [0.25, 0.3) is 0 Å². The molecule has 0 bridgehead atoms. The molecule has 0 spiro atoms. The lowest BCUT2D eigenvalue weighted by atomic mass is 10.1. The van der Waals surface area contributed by atoms with Crippen LogP contribution in [0.5, 0.6) is 0 Å². The van der Waals surface area contributed by atoms with E-state index in [0.717, 1.165) is 31.6 Å². The Labute approximate surface area is 203 Å². The highest BCUT2D eigenvalue weighted by Gasteiger charge is 2.26. The van der Waals surface area contributed by atoms with Gasteiger partial charge in [0.05, 0.1) is 17.5 Å². The monoisotopic (exact) mass is 486 g/mol. The van der Waals surface area contributed by atoms with Gasteiger partial charge in [-0.1, -0.05) is 12.1 Å². The van der Waals surface area contributed by atoms with Gasteiger partial charge in [0, 0.05) is 50.5 Å². The van der Waals surface area contributed by atoms with Crippen molar-refractivity contribution in [2.45, 2.75) is 19.3 Å². The van der Waals surface area contributed by atoms with E-state index in [-0.39, 0.29) is 22.4 Å². The zero-order valence-corrected chi connectivity index (χ0v) is 19.7. The molecule has 2 aliphatic heterocycles. The highest BCUT2D eigenvalue weighted by Crippen LogP contribution is 2.32. The molecule has 0 saturated carbocycles. The number of piperazine rings is 1. The number of rotatable bonds is 5. The van der Waals surface area contributed by atoms with Gasteiger partial charge in [-0.15, -0.1) is 0 Å². The summed E-state index contributed by atoms with van der Waals surface area (Å²) >= 11 is 4.78. The quantitative estimate of drug-likeness (QED) is 0.384. The van der Waals surface area contributed by atoms with Crippen LogP contribution >= 0.6 is 12.2 Å². The molecule has 180 valence electrons. The number of hydrazone groups is 1. The first-order valence-electron chi connectivity index (χ1n) is 11.4. The average Bonchev–Trinajstić information content (AvgIpc) is 2.84. The number of carbonyl (C=O) groups excluding carboxylic acids is 1. The normalized spacial score (nSPS) is 16.7. The van der Waals surface area contributed by atoms with Crippen molar-refractivity contribution in [1.82, 2.24) is 10.3 Å². The molecule has 0 unspecified atom stereocenters. The van der Waals surface area contributed by atoms with Gasteiger partial charge < -0.3 is 20.4 Å². The number of nitrogens with two attached hydrogens (primary N) is 1. The van der Waals surface area contributed by atoms with Gasteiger partial charge in [-0.25, -0.2) is 8.78 Å². The van der Waals surface area contributed by atoms with E-state index in [1.807, 2.05) is 11.0 Å². The number of anilines is 2. The zero-order chi connectivity index (χ0) is 24.1. The summed E-state index contributed by atoms with van der Waals surface area (Å²) < 4.78 is 29.3. The first kappa shape index (κ1) is 23.9. The van der Waals surface area contributed by atoms with E-state index in [9.17, 15) is 9.18 Å². The molecule has 0 aliphatic carbocycles. The fourth-order valence-corrected chi connectivity index (χ4v) is 4.49. The predicted molar refractivity (Wildman–Crippen MR) is 134 cm³/mol. The van der Waals surface area contributed by atoms with E-state index in [1.165, 1.54) is 30.8 Å². The van der Waals surface area contributed by atoms with Gasteiger partial charge >= 0.3 is 0 Å². The Hall–Kier alpha value is -3.27. The molecule has 2 aliphatic rings. The summed E-state index contributed by atoms with van der Waals surface area (Å²) in [4.78, 5) is 18.5. The standard InChI is InChI=1S/C24H28F2N6OS/c25-19-7-3-2-6-18(19)23(33)32-12-10-31(11-13-32)22-15-21(30-8-4-1-5-9-30)17(14-20(22)26)16-28-29-24(27)34/h2-3,6-7,14-16H,1,4-5,8-13H2,(H3,27,29,34). The van der Waals surface area contributed by atoms with Crippen LogP contribution in [0, 0.1) is 11.6 Å². The maximum Gasteiger partial charge on any atom is 0.256 e.